The van der Waals surface area contributed by atoms with Crippen LogP contribution in [0.5, 0.6) is 0 Å². The Morgan fingerprint density at radius 1 is 0.451 bits per heavy atom. The zero-order valence-corrected chi connectivity index (χ0v) is 75.2. The number of pyridine rings is 6. The fourth-order valence-corrected chi connectivity index (χ4v) is 16.6. The number of piperazine rings is 3. The number of amides is 2. The molecule has 6 aliphatic rings. The van der Waals surface area contributed by atoms with E-state index in [0.29, 0.717) is 145 Å². The molecule has 9 aromatic heterocycles. The molecule has 2 amide bonds. The second-order valence-corrected chi connectivity index (χ2v) is 33.9. The lowest BCUT2D eigenvalue weighted by atomic mass is 10.0. The molecule has 0 radical (unpaired) electrons. The van der Waals surface area contributed by atoms with Gasteiger partial charge in [-0.3, -0.25) is 28.1 Å². The smallest absolute Gasteiger partial charge is 0.410 e. The van der Waals surface area contributed by atoms with E-state index in [9.17, 15) is 24.0 Å². The van der Waals surface area contributed by atoms with Gasteiger partial charge in [-0.15, -0.1) is 12.4 Å². The number of anilines is 9. The largest absolute Gasteiger partial charge is 0.499 e. The van der Waals surface area contributed by atoms with E-state index >= 15 is 0 Å². The minimum atomic E-state index is -0.510. The highest BCUT2D eigenvalue weighted by atomic mass is 79.9. The summed E-state index contributed by atoms with van der Waals surface area (Å²) in [5.74, 6) is 4.64. The first-order valence-corrected chi connectivity index (χ1v) is 43.2. The molecule has 654 valence electrons. The lowest BCUT2D eigenvalue weighted by Crippen LogP contribution is -2.50. The Hall–Kier alpha value is -11.0. The summed E-state index contributed by atoms with van der Waals surface area (Å²) in [6, 6.07) is 12.1. The van der Waals surface area contributed by atoms with E-state index in [1.807, 2.05) is 146 Å². The van der Waals surface area contributed by atoms with Crippen molar-refractivity contribution in [2.45, 2.75) is 196 Å². The summed E-state index contributed by atoms with van der Waals surface area (Å²) in [6.07, 6.45) is 22.6. The fraction of sp³-hybridized carbons (Fsp3) is 0.506. The third-order valence-electron chi connectivity index (χ3n) is 22.2. The molecule has 9 aromatic rings. The number of halogens is 2. The Morgan fingerprint density at radius 3 is 1.05 bits per heavy atom. The number of carbonyl (C=O) groups is 2. The lowest BCUT2D eigenvalue weighted by Gasteiger charge is -2.36. The van der Waals surface area contributed by atoms with Crippen molar-refractivity contribution in [1.82, 2.24) is 73.7 Å². The van der Waals surface area contributed by atoms with E-state index in [4.69, 9.17) is 38.6 Å². The van der Waals surface area contributed by atoms with E-state index in [0.717, 1.165) is 166 Å². The van der Waals surface area contributed by atoms with Crippen LogP contribution in [0.2, 0.25) is 0 Å². The summed E-state index contributed by atoms with van der Waals surface area (Å²) in [5.41, 5.74) is 7.10. The maximum Gasteiger partial charge on any atom is 0.410 e. The van der Waals surface area contributed by atoms with Gasteiger partial charge in [-0.05, 0) is 198 Å². The number of rotatable bonds is 20. The molecular weight excluding hydrogens is 1640 g/mol. The minimum Gasteiger partial charge on any atom is -0.499 e. The van der Waals surface area contributed by atoms with Crippen LogP contribution in [0.4, 0.5) is 61.9 Å². The van der Waals surface area contributed by atoms with Crippen molar-refractivity contribution in [3.05, 3.63) is 162 Å². The Kier molecular flexibility index (Phi) is 31.0. The SMILES string of the molecule is C=C(C)OCC.C=C(OCC)c1c(C)c2cnc(Nc3ccc(N4CCN(C(=O)OC(C)(C)C)CC4)cn3)nc2n(C2CCCC2)c1=O.C=C(OCC)c1c(C)c2cnc(Nc3ccc(N4CCNCC4)cn3)nc2n(C2CCCC2)c1=O.Cc1c(Br)c(=O)n(C2CCCC2)c2nc(Nc3ccc(N4CCN(C(=O)OC(C)(C)C)CC4)cn3)ncc12.Cl. The van der Waals surface area contributed by atoms with Crippen molar-refractivity contribution in [3.8, 4) is 0 Å². The quantitative estimate of drug-likeness (QED) is 0.0515. The number of aryl methyl sites for hydroxylation is 3. The van der Waals surface area contributed by atoms with Crippen molar-refractivity contribution in [1.29, 1.82) is 0 Å². The van der Waals surface area contributed by atoms with E-state index in [-0.39, 0.29) is 59.4 Å². The van der Waals surface area contributed by atoms with Gasteiger partial charge in [0.2, 0.25) is 17.8 Å². The van der Waals surface area contributed by atoms with Crippen molar-refractivity contribution >= 4 is 138 Å². The highest BCUT2D eigenvalue weighted by molar-refractivity contribution is 9.10. The van der Waals surface area contributed by atoms with Crippen LogP contribution in [-0.4, -0.2) is 190 Å². The van der Waals surface area contributed by atoms with Gasteiger partial charge in [0.05, 0.1) is 76.8 Å². The number of hydrogen-bond donors (Lipinski definition) is 4. The summed E-state index contributed by atoms with van der Waals surface area (Å²) in [4.78, 5) is 117. The fourth-order valence-electron chi connectivity index (χ4n) is 16.2. The second-order valence-electron chi connectivity index (χ2n) is 33.1. The molecule has 122 heavy (non-hydrogen) atoms. The van der Waals surface area contributed by atoms with Crippen molar-refractivity contribution < 1.29 is 33.3 Å². The Labute approximate surface area is 728 Å². The zero-order valence-electron chi connectivity index (χ0n) is 72.8. The molecule has 31 nitrogen and oxygen atoms in total. The maximum atomic E-state index is 13.8. The molecular formula is C89H119BrClN21O10. The predicted molar refractivity (Wildman–Crippen MR) is 489 cm³/mol. The molecule has 3 aliphatic carbocycles. The van der Waals surface area contributed by atoms with Gasteiger partial charge < -0.3 is 69.5 Å². The zero-order chi connectivity index (χ0) is 86.4. The Balaban J connectivity index is 0.000000172. The van der Waals surface area contributed by atoms with Gasteiger partial charge in [-0.1, -0.05) is 58.3 Å². The normalized spacial score (nSPS) is 15.9. The molecule has 3 aliphatic heterocycles. The molecule has 0 bridgehead atoms. The molecule has 15 rings (SSSR count). The Morgan fingerprint density at radius 2 is 0.762 bits per heavy atom. The highest BCUT2D eigenvalue weighted by Gasteiger charge is 2.33. The van der Waals surface area contributed by atoms with Crippen LogP contribution >= 0.6 is 28.3 Å². The molecule has 3 saturated heterocycles. The van der Waals surface area contributed by atoms with Crippen molar-refractivity contribution in [2.24, 2.45) is 0 Å². The van der Waals surface area contributed by atoms with Gasteiger partial charge in [-0.25, -0.2) is 39.5 Å². The first-order valence-electron chi connectivity index (χ1n) is 42.4. The number of hydrogen-bond acceptors (Lipinski definition) is 26. The third-order valence-corrected chi connectivity index (χ3v) is 23.2. The number of nitrogens with one attached hydrogen (secondary N) is 4. The molecule has 0 aromatic carbocycles. The molecule has 4 N–H and O–H groups in total. The number of allylic oxidation sites excluding steroid dienone is 1. The van der Waals surface area contributed by atoms with Gasteiger partial charge in [-0.2, -0.15) is 15.0 Å². The first kappa shape index (κ1) is 91.7. The van der Waals surface area contributed by atoms with E-state index in [2.05, 4.69) is 108 Å². The molecule has 0 spiro atoms. The van der Waals surface area contributed by atoms with Crippen LogP contribution in [0.1, 0.15) is 192 Å². The van der Waals surface area contributed by atoms with Gasteiger partial charge in [0.1, 0.15) is 57.1 Å². The van der Waals surface area contributed by atoms with Crippen LogP contribution in [0.15, 0.2) is 118 Å². The lowest BCUT2D eigenvalue weighted by molar-refractivity contribution is 0.0230. The topological polar surface area (TPSA) is 327 Å². The summed E-state index contributed by atoms with van der Waals surface area (Å²) >= 11 is 3.49. The van der Waals surface area contributed by atoms with Crippen LogP contribution in [0.3, 0.4) is 0 Å². The monoisotopic (exact) mass is 1760 g/mol. The van der Waals surface area contributed by atoms with E-state index in [1.165, 1.54) is 0 Å². The van der Waals surface area contributed by atoms with Crippen LogP contribution in [-0.2, 0) is 23.7 Å². The average Bonchev–Trinajstić information content (AvgIpc) is 1.12. The molecule has 0 unspecified atom stereocenters. The van der Waals surface area contributed by atoms with Crippen molar-refractivity contribution in [3.63, 3.8) is 0 Å². The van der Waals surface area contributed by atoms with E-state index < -0.39 is 11.2 Å². The summed E-state index contributed by atoms with van der Waals surface area (Å²) in [7, 11) is 0. The van der Waals surface area contributed by atoms with Crippen LogP contribution in [0, 0.1) is 20.8 Å². The van der Waals surface area contributed by atoms with Crippen LogP contribution in [0.25, 0.3) is 44.6 Å². The summed E-state index contributed by atoms with van der Waals surface area (Å²) in [5, 5.41) is 15.5. The maximum absolute atomic E-state index is 13.8. The highest BCUT2D eigenvalue weighted by Crippen LogP contribution is 2.38. The predicted octanol–water partition coefficient (Wildman–Crippen LogP) is 16.3. The van der Waals surface area contributed by atoms with Gasteiger partial charge in [0.15, 0.2) is 0 Å². The molecule has 12 heterocycles. The third kappa shape index (κ3) is 22.4. The number of carbonyl (C=O) groups excluding carboxylic acids is 2. The number of aromatic nitrogens is 12. The molecule has 6 fully saturated rings. The molecule has 0 atom stereocenters. The first-order chi connectivity index (χ1) is 58.0. The second kappa shape index (κ2) is 41.3. The molecule has 3 saturated carbocycles. The van der Waals surface area contributed by atoms with Crippen molar-refractivity contribution in [2.75, 3.05) is 129 Å². The van der Waals surface area contributed by atoms with Gasteiger partial charge >= 0.3 is 12.2 Å². The van der Waals surface area contributed by atoms with Crippen LogP contribution < -0.4 is 52.6 Å². The Bertz CT molecular complexity index is 5370. The number of nitrogens with zero attached hydrogens (tertiary/aromatic N) is 17. The number of ether oxygens (including phenoxy) is 5. The summed E-state index contributed by atoms with van der Waals surface area (Å²) < 4.78 is 33.2. The summed E-state index contributed by atoms with van der Waals surface area (Å²) in [6.45, 7) is 46.8. The van der Waals surface area contributed by atoms with E-state index in [1.54, 1.807) is 34.6 Å². The van der Waals surface area contributed by atoms with Gasteiger partial charge in [0.25, 0.3) is 16.7 Å². The van der Waals surface area contributed by atoms with Gasteiger partial charge in [0, 0.05) is 131 Å². The standard InChI is InChI=1S/C31H41N7O4.C27H34BrN7O3.C26H33N7O2.C5H10O.ClH/c1-7-41-21(3)26-20(2)24-19-33-29(35-27(24)38(28(26)39)22-10-8-9-11-22)34-25-13-12-23(18-32-25)36-14-16-37(17-15-36)30(40)42-31(4,5)6;1-17-20-16-30-25(32-23(20)35(24(36)22(17)28)18-7-5-6-8-18)31-21-10-9-19(15-29-21)33-11-13-34(14-12-33)26(37)38-27(2,3)4;1-4-35-18(3)23-17(2)21-16-29-26(31-24(21)33(25(23)34)19-7-5-6-8-19)30-22-10-9-20(15-28-22)32-13-11-27-12-14-32;1-4-6-5(2)3;/h12-13,18-19,22H,3,7-11,14-17H2,1-2,4-6H3,(H,32,33,34,35);9-10,15-16,18H,5-8,11-14H2,1-4H3,(H,29,30,31,32);9-10,15-16,19,27H,3-8,11-14H2,1-2H3,(H,28,29,30,31);2,4H2,1,3H3;1H. The number of fused-ring (bicyclic) bond motifs is 3. The molecule has 33 heteroatoms. The minimum absolute atomic E-state index is 0. The average molecular weight is 1760 g/mol.